The smallest absolute Gasteiger partial charge is 0.364 e. The molecule has 4 heteroatoms. The standard InChI is InChI=1S/C17H12FNO2/c1-11(13-8-5-9-14(18)10-13)15-17(20)21-16(19-15)12-6-3-2-4-7-12/h2-10H,1H3. The molecule has 21 heavy (non-hydrogen) atoms. The Labute approximate surface area is 121 Å². The number of allylic oxidation sites excluding steroid dienone is 1. The SMILES string of the molecule is CC(=C1N=C(c2ccccc2)OC1=O)c1cccc(F)c1. The number of hydrogen-bond donors (Lipinski definition) is 0. The van der Waals surface area contributed by atoms with E-state index in [9.17, 15) is 9.18 Å². The minimum Gasteiger partial charge on any atom is -0.402 e. The number of ether oxygens (including phenoxy) is 1. The maximum atomic E-state index is 13.3. The molecule has 3 rings (SSSR count). The van der Waals surface area contributed by atoms with Crippen molar-refractivity contribution >= 4 is 17.4 Å². The van der Waals surface area contributed by atoms with Gasteiger partial charge in [0.1, 0.15) is 5.82 Å². The fraction of sp³-hybridized carbons (Fsp3) is 0.0588. The van der Waals surface area contributed by atoms with E-state index in [0.29, 0.717) is 11.1 Å². The molecule has 0 radical (unpaired) electrons. The van der Waals surface area contributed by atoms with Gasteiger partial charge in [-0.25, -0.2) is 14.2 Å². The second-order valence-corrected chi connectivity index (χ2v) is 4.66. The van der Waals surface area contributed by atoms with Gasteiger partial charge in [0.25, 0.3) is 0 Å². The maximum absolute atomic E-state index is 13.3. The summed E-state index contributed by atoms with van der Waals surface area (Å²) in [6, 6.07) is 15.2. The van der Waals surface area contributed by atoms with Crippen LogP contribution in [-0.4, -0.2) is 11.9 Å². The second-order valence-electron chi connectivity index (χ2n) is 4.66. The van der Waals surface area contributed by atoms with Crippen molar-refractivity contribution in [2.45, 2.75) is 6.92 Å². The quantitative estimate of drug-likeness (QED) is 0.623. The van der Waals surface area contributed by atoms with Crippen molar-refractivity contribution in [3.63, 3.8) is 0 Å². The first-order valence-electron chi connectivity index (χ1n) is 6.48. The van der Waals surface area contributed by atoms with Crippen molar-refractivity contribution in [3.05, 3.63) is 77.2 Å². The highest BCUT2D eigenvalue weighted by atomic mass is 19.1. The number of benzene rings is 2. The van der Waals surface area contributed by atoms with Gasteiger partial charge < -0.3 is 4.74 Å². The minimum atomic E-state index is -0.518. The van der Waals surface area contributed by atoms with Crippen LogP contribution in [0.2, 0.25) is 0 Å². The summed E-state index contributed by atoms with van der Waals surface area (Å²) in [5.74, 6) is -0.604. The molecule has 0 bridgehead atoms. The third kappa shape index (κ3) is 2.60. The Morgan fingerprint density at radius 1 is 1.10 bits per heavy atom. The Kier molecular flexibility index (Phi) is 3.36. The molecule has 1 aliphatic rings. The monoisotopic (exact) mass is 281 g/mol. The average molecular weight is 281 g/mol. The minimum absolute atomic E-state index is 0.208. The summed E-state index contributed by atoms with van der Waals surface area (Å²) in [4.78, 5) is 16.2. The van der Waals surface area contributed by atoms with Crippen molar-refractivity contribution in [1.82, 2.24) is 0 Å². The van der Waals surface area contributed by atoms with Gasteiger partial charge in [0.15, 0.2) is 5.70 Å². The molecule has 0 amide bonds. The molecule has 0 atom stereocenters. The van der Waals surface area contributed by atoms with E-state index in [1.165, 1.54) is 12.1 Å². The zero-order chi connectivity index (χ0) is 14.8. The van der Waals surface area contributed by atoms with E-state index in [-0.39, 0.29) is 17.4 Å². The van der Waals surface area contributed by atoms with Crippen molar-refractivity contribution in [1.29, 1.82) is 0 Å². The van der Waals surface area contributed by atoms with Gasteiger partial charge >= 0.3 is 5.97 Å². The Morgan fingerprint density at radius 3 is 2.57 bits per heavy atom. The Morgan fingerprint density at radius 2 is 1.86 bits per heavy atom. The molecule has 0 unspecified atom stereocenters. The molecule has 2 aromatic rings. The Balaban J connectivity index is 2.04. The number of cyclic esters (lactones) is 1. The summed E-state index contributed by atoms with van der Waals surface area (Å²) < 4.78 is 18.5. The highest BCUT2D eigenvalue weighted by Gasteiger charge is 2.26. The molecule has 0 aromatic heterocycles. The van der Waals surface area contributed by atoms with E-state index in [1.807, 2.05) is 30.3 Å². The second kappa shape index (κ2) is 5.32. The third-order valence-electron chi connectivity index (χ3n) is 3.23. The van der Waals surface area contributed by atoms with E-state index < -0.39 is 5.97 Å². The lowest BCUT2D eigenvalue weighted by Gasteiger charge is -2.02. The fourth-order valence-corrected chi connectivity index (χ4v) is 2.11. The van der Waals surface area contributed by atoms with Gasteiger partial charge in [0.2, 0.25) is 5.90 Å². The molecule has 0 spiro atoms. The van der Waals surface area contributed by atoms with E-state index in [4.69, 9.17) is 4.74 Å². The summed E-state index contributed by atoms with van der Waals surface area (Å²) in [6.07, 6.45) is 0. The molecule has 1 heterocycles. The molecule has 0 saturated carbocycles. The Bertz CT molecular complexity index is 763. The highest BCUT2D eigenvalue weighted by molar-refractivity contribution is 6.14. The molecule has 0 N–H and O–H groups in total. The van der Waals surface area contributed by atoms with Crippen molar-refractivity contribution in [2.75, 3.05) is 0 Å². The number of carbonyl (C=O) groups is 1. The zero-order valence-electron chi connectivity index (χ0n) is 11.3. The molecule has 0 saturated heterocycles. The largest absolute Gasteiger partial charge is 0.402 e. The van der Waals surface area contributed by atoms with Gasteiger partial charge in [-0.2, -0.15) is 0 Å². The average Bonchev–Trinajstić information content (AvgIpc) is 2.89. The first-order chi connectivity index (χ1) is 10.1. The molecule has 104 valence electrons. The molecule has 3 nitrogen and oxygen atoms in total. The number of hydrogen-bond acceptors (Lipinski definition) is 3. The number of carbonyl (C=O) groups excluding carboxylic acids is 1. The first kappa shape index (κ1) is 13.2. The molecular formula is C17H12FNO2. The topological polar surface area (TPSA) is 38.7 Å². The van der Waals surface area contributed by atoms with E-state index in [2.05, 4.69) is 4.99 Å². The summed E-state index contributed by atoms with van der Waals surface area (Å²) in [5.41, 5.74) is 2.14. The predicted molar refractivity (Wildman–Crippen MR) is 78.1 cm³/mol. The van der Waals surface area contributed by atoms with Gasteiger partial charge in [-0.15, -0.1) is 0 Å². The van der Waals surface area contributed by atoms with Crippen LogP contribution < -0.4 is 0 Å². The van der Waals surface area contributed by atoms with Crippen LogP contribution in [0.4, 0.5) is 4.39 Å². The molecule has 2 aromatic carbocycles. The summed E-state index contributed by atoms with van der Waals surface area (Å²) in [6.45, 7) is 1.72. The third-order valence-corrected chi connectivity index (χ3v) is 3.23. The summed E-state index contributed by atoms with van der Waals surface area (Å²) in [5, 5.41) is 0. The predicted octanol–water partition coefficient (Wildman–Crippen LogP) is 3.56. The maximum Gasteiger partial charge on any atom is 0.364 e. The van der Waals surface area contributed by atoms with E-state index in [1.54, 1.807) is 19.1 Å². The van der Waals surface area contributed by atoms with Crippen LogP contribution in [0.3, 0.4) is 0 Å². The number of nitrogens with zero attached hydrogens (tertiary/aromatic N) is 1. The number of esters is 1. The summed E-state index contributed by atoms with van der Waals surface area (Å²) >= 11 is 0. The van der Waals surface area contributed by atoms with Gasteiger partial charge in [-0.05, 0) is 42.3 Å². The van der Waals surface area contributed by atoms with Crippen LogP contribution in [-0.2, 0) is 9.53 Å². The van der Waals surface area contributed by atoms with Gasteiger partial charge in [-0.3, -0.25) is 0 Å². The van der Waals surface area contributed by atoms with Crippen LogP contribution >= 0.6 is 0 Å². The Hall–Kier alpha value is -2.75. The number of halogens is 1. The lowest BCUT2D eigenvalue weighted by molar-refractivity contribution is -0.129. The normalized spacial score (nSPS) is 16.5. The first-order valence-corrected chi connectivity index (χ1v) is 6.48. The number of aliphatic imine (C=N–C) groups is 1. The molecule has 0 fully saturated rings. The van der Waals surface area contributed by atoms with Crippen LogP contribution in [0.1, 0.15) is 18.1 Å². The van der Waals surface area contributed by atoms with Crippen LogP contribution in [0.15, 0.2) is 65.3 Å². The molecule has 0 aliphatic carbocycles. The van der Waals surface area contributed by atoms with Crippen LogP contribution in [0, 0.1) is 5.82 Å². The lowest BCUT2D eigenvalue weighted by atomic mass is 10.1. The van der Waals surface area contributed by atoms with Crippen LogP contribution in [0.5, 0.6) is 0 Å². The van der Waals surface area contributed by atoms with Crippen LogP contribution in [0.25, 0.3) is 5.57 Å². The van der Waals surface area contributed by atoms with E-state index in [0.717, 1.165) is 5.56 Å². The van der Waals surface area contributed by atoms with Crippen molar-refractivity contribution < 1.29 is 13.9 Å². The van der Waals surface area contributed by atoms with Gasteiger partial charge in [-0.1, -0.05) is 30.3 Å². The molecule has 1 aliphatic heterocycles. The van der Waals surface area contributed by atoms with Crippen molar-refractivity contribution in [2.24, 2.45) is 4.99 Å². The van der Waals surface area contributed by atoms with E-state index >= 15 is 0 Å². The highest BCUT2D eigenvalue weighted by Crippen LogP contribution is 2.25. The zero-order valence-corrected chi connectivity index (χ0v) is 11.3. The molecular weight excluding hydrogens is 269 g/mol. The number of rotatable bonds is 2. The van der Waals surface area contributed by atoms with Gasteiger partial charge in [0.05, 0.1) is 0 Å². The summed E-state index contributed by atoms with van der Waals surface area (Å²) in [7, 11) is 0. The lowest BCUT2D eigenvalue weighted by Crippen LogP contribution is -2.05. The van der Waals surface area contributed by atoms with Gasteiger partial charge in [0, 0.05) is 5.56 Å². The van der Waals surface area contributed by atoms with Crippen molar-refractivity contribution in [3.8, 4) is 0 Å². The fourth-order valence-electron chi connectivity index (χ4n) is 2.11.